The minimum atomic E-state index is 0.535. The summed E-state index contributed by atoms with van der Waals surface area (Å²) in [6, 6.07) is 10.2. The van der Waals surface area contributed by atoms with Crippen molar-refractivity contribution in [3.8, 4) is 0 Å². The summed E-state index contributed by atoms with van der Waals surface area (Å²) in [4.78, 5) is 0. The van der Waals surface area contributed by atoms with E-state index in [1.807, 2.05) is 0 Å². The first-order valence-corrected chi connectivity index (χ1v) is 8.58. The van der Waals surface area contributed by atoms with E-state index in [-0.39, 0.29) is 0 Å². The van der Waals surface area contributed by atoms with Gasteiger partial charge < -0.3 is 5.32 Å². The SMILES string of the molecule is CCC(NC1C2C3CCC(C3)C12)c1cccc(Br)c1. The first-order valence-electron chi connectivity index (χ1n) is 7.79. The van der Waals surface area contributed by atoms with E-state index in [1.54, 1.807) is 6.42 Å². The number of benzene rings is 1. The molecule has 5 atom stereocenters. The predicted octanol–water partition coefficient (Wildman–Crippen LogP) is 4.53. The van der Waals surface area contributed by atoms with Crippen LogP contribution in [0.1, 0.15) is 44.2 Å². The van der Waals surface area contributed by atoms with Gasteiger partial charge in [-0.15, -0.1) is 0 Å². The molecular formula is C17H22BrN. The van der Waals surface area contributed by atoms with Gasteiger partial charge in [0.25, 0.3) is 0 Å². The highest BCUT2D eigenvalue weighted by atomic mass is 79.9. The van der Waals surface area contributed by atoms with Crippen LogP contribution in [0, 0.1) is 23.7 Å². The molecule has 3 aliphatic rings. The lowest BCUT2D eigenvalue weighted by atomic mass is 10.0. The first-order chi connectivity index (χ1) is 9.28. The van der Waals surface area contributed by atoms with Crippen molar-refractivity contribution >= 4 is 15.9 Å². The summed E-state index contributed by atoms with van der Waals surface area (Å²) < 4.78 is 1.20. The molecule has 1 N–H and O–H groups in total. The summed E-state index contributed by atoms with van der Waals surface area (Å²) in [6.07, 6.45) is 5.75. The van der Waals surface area contributed by atoms with Gasteiger partial charge in [-0.1, -0.05) is 35.0 Å². The van der Waals surface area contributed by atoms with Gasteiger partial charge in [-0.3, -0.25) is 0 Å². The third-order valence-corrected chi connectivity index (χ3v) is 6.28. The zero-order valence-corrected chi connectivity index (χ0v) is 13.1. The molecule has 2 bridgehead atoms. The molecule has 1 nitrogen and oxygen atoms in total. The van der Waals surface area contributed by atoms with Crippen LogP contribution in [-0.4, -0.2) is 6.04 Å². The monoisotopic (exact) mass is 319 g/mol. The van der Waals surface area contributed by atoms with E-state index in [0.717, 1.165) is 29.7 Å². The van der Waals surface area contributed by atoms with Crippen LogP contribution in [0.2, 0.25) is 0 Å². The molecule has 102 valence electrons. The van der Waals surface area contributed by atoms with Crippen molar-refractivity contribution < 1.29 is 0 Å². The summed E-state index contributed by atoms with van der Waals surface area (Å²) in [5, 5.41) is 3.97. The van der Waals surface area contributed by atoms with Gasteiger partial charge in [0.1, 0.15) is 0 Å². The molecule has 3 fully saturated rings. The topological polar surface area (TPSA) is 12.0 Å². The lowest BCUT2D eigenvalue weighted by Crippen LogP contribution is -2.27. The number of fused-ring (bicyclic) bond motifs is 5. The smallest absolute Gasteiger partial charge is 0.0320 e. The standard InChI is InChI=1S/C17H22BrN/c1-2-14(10-4-3-5-13(18)9-10)19-17-15-11-6-7-12(8-11)16(15)17/h3-5,9,11-12,14-17,19H,2,6-8H2,1H3. The van der Waals surface area contributed by atoms with E-state index in [9.17, 15) is 0 Å². The minimum Gasteiger partial charge on any atom is -0.307 e. The molecular weight excluding hydrogens is 298 g/mol. The molecule has 0 spiro atoms. The molecule has 2 heteroatoms. The van der Waals surface area contributed by atoms with E-state index in [0.29, 0.717) is 6.04 Å². The predicted molar refractivity (Wildman–Crippen MR) is 81.9 cm³/mol. The number of hydrogen-bond donors (Lipinski definition) is 1. The maximum Gasteiger partial charge on any atom is 0.0320 e. The molecule has 0 saturated heterocycles. The zero-order valence-electron chi connectivity index (χ0n) is 11.5. The highest BCUT2D eigenvalue weighted by Crippen LogP contribution is 2.65. The van der Waals surface area contributed by atoms with Crippen LogP contribution < -0.4 is 5.32 Å². The van der Waals surface area contributed by atoms with Gasteiger partial charge in [0.15, 0.2) is 0 Å². The van der Waals surface area contributed by atoms with Crippen LogP contribution in [0.5, 0.6) is 0 Å². The van der Waals surface area contributed by atoms with E-state index in [1.165, 1.54) is 29.3 Å². The first kappa shape index (κ1) is 12.4. The number of nitrogens with one attached hydrogen (secondary N) is 1. The lowest BCUT2D eigenvalue weighted by molar-refractivity contribution is 0.415. The Balaban J connectivity index is 1.47. The number of rotatable bonds is 4. The second-order valence-corrected chi connectivity index (χ2v) is 7.61. The molecule has 0 heterocycles. The van der Waals surface area contributed by atoms with Crippen LogP contribution >= 0.6 is 15.9 Å². The summed E-state index contributed by atoms with van der Waals surface area (Å²) >= 11 is 3.59. The molecule has 0 aromatic heterocycles. The molecule has 0 aliphatic heterocycles. The van der Waals surface area contributed by atoms with E-state index >= 15 is 0 Å². The van der Waals surface area contributed by atoms with Gasteiger partial charge in [-0.05, 0) is 67.1 Å². The van der Waals surface area contributed by atoms with Crippen molar-refractivity contribution in [2.24, 2.45) is 23.7 Å². The Morgan fingerprint density at radius 3 is 2.63 bits per heavy atom. The largest absolute Gasteiger partial charge is 0.307 e. The van der Waals surface area contributed by atoms with Crippen LogP contribution in [0.4, 0.5) is 0 Å². The summed E-state index contributed by atoms with van der Waals surface area (Å²) in [7, 11) is 0. The Labute approximate surface area is 124 Å². The van der Waals surface area contributed by atoms with Crippen molar-refractivity contribution in [3.05, 3.63) is 34.3 Å². The molecule has 1 aromatic carbocycles. The Kier molecular flexibility index (Phi) is 3.00. The van der Waals surface area contributed by atoms with Crippen molar-refractivity contribution in [1.29, 1.82) is 0 Å². The average molecular weight is 320 g/mol. The Morgan fingerprint density at radius 1 is 1.26 bits per heavy atom. The Morgan fingerprint density at radius 2 is 2.00 bits per heavy atom. The van der Waals surface area contributed by atoms with Gasteiger partial charge in [0.05, 0.1) is 0 Å². The quantitative estimate of drug-likeness (QED) is 0.859. The van der Waals surface area contributed by atoms with Gasteiger partial charge in [-0.25, -0.2) is 0 Å². The fourth-order valence-electron chi connectivity index (χ4n) is 4.95. The van der Waals surface area contributed by atoms with Crippen LogP contribution in [-0.2, 0) is 0 Å². The normalized spacial score (nSPS) is 40.2. The lowest BCUT2D eigenvalue weighted by Gasteiger charge is -2.20. The van der Waals surface area contributed by atoms with Crippen molar-refractivity contribution in [2.45, 2.75) is 44.7 Å². The highest BCUT2D eigenvalue weighted by Gasteiger charge is 2.64. The molecule has 1 aromatic rings. The van der Waals surface area contributed by atoms with Gasteiger partial charge in [-0.2, -0.15) is 0 Å². The molecule has 0 radical (unpaired) electrons. The van der Waals surface area contributed by atoms with E-state index < -0.39 is 0 Å². The third kappa shape index (κ3) is 1.99. The summed E-state index contributed by atoms with van der Waals surface area (Å²) in [6.45, 7) is 2.30. The van der Waals surface area contributed by atoms with Crippen molar-refractivity contribution in [3.63, 3.8) is 0 Å². The van der Waals surface area contributed by atoms with Crippen molar-refractivity contribution in [2.75, 3.05) is 0 Å². The van der Waals surface area contributed by atoms with Crippen LogP contribution in [0.15, 0.2) is 28.7 Å². The summed E-state index contributed by atoms with van der Waals surface area (Å²) in [5.74, 6) is 4.18. The summed E-state index contributed by atoms with van der Waals surface area (Å²) in [5.41, 5.74) is 1.44. The fourth-order valence-corrected chi connectivity index (χ4v) is 5.37. The molecule has 3 aliphatic carbocycles. The number of hydrogen-bond acceptors (Lipinski definition) is 1. The Hall–Kier alpha value is -0.340. The fraction of sp³-hybridized carbons (Fsp3) is 0.647. The van der Waals surface area contributed by atoms with E-state index in [2.05, 4.69) is 52.4 Å². The maximum absolute atomic E-state index is 3.97. The highest BCUT2D eigenvalue weighted by molar-refractivity contribution is 9.10. The van der Waals surface area contributed by atoms with Crippen LogP contribution in [0.3, 0.4) is 0 Å². The molecule has 4 rings (SSSR count). The average Bonchev–Trinajstić information content (AvgIpc) is 2.81. The second-order valence-electron chi connectivity index (χ2n) is 6.70. The van der Waals surface area contributed by atoms with Gasteiger partial charge in [0, 0.05) is 16.6 Å². The van der Waals surface area contributed by atoms with Crippen molar-refractivity contribution in [1.82, 2.24) is 5.32 Å². The van der Waals surface area contributed by atoms with Gasteiger partial charge in [0.2, 0.25) is 0 Å². The van der Waals surface area contributed by atoms with E-state index in [4.69, 9.17) is 0 Å². The van der Waals surface area contributed by atoms with Gasteiger partial charge >= 0.3 is 0 Å². The maximum atomic E-state index is 3.97. The molecule has 19 heavy (non-hydrogen) atoms. The second kappa shape index (κ2) is 4.60. The molecule has 0 amide bonds. The Bertz CT molecular complexity index is 470. The molecule has 3 saturated carbocycles. The minimum absolute atomic E-state index is 0.535. The molecule has 5 unspecified atom stereocenters. The third-order valence-electron chi connectivity index (χ3n) is 5.79. The van der Waals surface area contributed by atoms with Crippen LogP contribution in [0.25, 0.3) is 0 Å². The zero-order chi connectivity index (χ0) is 13.0. The number of halogens is 1.